The Morgan fingerprint density at radius 3 is 2.94 bits per heavy atom. The lowest BCUT2D eigenvalue weighted by atomic mass is 10.1. The van der Waals surface area contributed by atoms with Crippen molar-refractivity contribution in [2.45, 2.75) is 6.92 Å². The molecule has 82 valence electrons. The molecule has 0 atom stereocenters. The van der Waals surface area contributed by atoms with Gasteiger partial charge >= 0.3 is 0 Å². The van der Waals surface area contributed by atoms with Crippen LogP contribution in [0.3, 0.4) is 0 Å². The van der Waals surface area contributed by atoms with Crippen LogP contribution in [0.15, 0.2) is 28.9 Å². The van der Waals surface area contributed by atoms with Gasteiger partial charge in [-0.25, -0.2) is 5.84 Å². The van der Waals surface area contributed by atoms with Crippen LogP contribution in [0.25, 0.3) is 10.9 Å². The minimum Gasteiger partial charge on any atom is -0.290 e. The highest BCUT2D eigenvalue weighted by Gasteiger charge is 2.07. The van der Waals surface area contributed by atoms with Gasteiger partial charge in [0.2, 0.25) is 0 Å². The second-order valence-corrected chi connectivity index (χ2v) is 4.30. The highest BCUT2D eigenvalue weighted by atomic mass is 79.9. The summed E-state index contributed by atoms with van der Waals surface area (Å²) in [6.45, 7) is 1.97. The lowest BCUT2D eigenvalue weighted by molar-refractivity contribution is 0.0953. The van der Waals surface area contributed by atoms with Gasteiger partial charge in [0.25, 0.3) is 5.91 Å². The number of nitrogens with two attached hydrogens (primary N) is 1. The number of amides is 1. The van der Waals surface area contributed by atoms with Crippen molar-refractivity contribution in [1.29, 1.82) is 0 Å². The van der Waals surface area contributed by atoms with Gasteiger partial charge in [-0.05, 0) is 24.6 Å². The topological polar surface area (TPSA) is 68.0 Å². The van der Waals surface area contributed by atoms with Gasteiger partial charge in [-0.3, -0.25) is 15.2 Å². The van der Waals surface area contributed by atoms with Gasteiger partial charge in [0.1, 0.15) is 0 Å². The maximum Gasteiger partial charge on any atom is 0.266 e. The first-order valence-electron chi connectivity index (χ1n) is 4.69. The number of nitrogens with zero attached hydrogens (tertiary/aromatic N) is 1. The predicted octanol–water partition coefficient (Wildman–Crippen LogP) is 1.91. The molecule has 1 aromatic carbocycles. The van der Waals surface area contributed by atoms with E-state index in [-0.39, 0.29) is 5.91 Å². The zero-order chi connectivity index (χ0) is 11.7. The quantitative estimate of drug-likeness (QED) is 0.476. The Hall–Kier alpha value is -1.46. The number of hydrogen-bond acceptors (Lipinski definition) is 3. The summed E-state index contributed by atoms with van der Waals surface area (Å²) in [5, 5.41) is 0.918. The van der Waals surface area contributed by atoms with E-state index in [2.05, 4.69) is 26.3 Å². The molecular formula is C11H10BrN3O. The van der Waals surface area contributed by atoms with Crippen molar-refractivity contribution >= 4 is 32.7 Å². The molecule has 0 aliphatic heterocycles. The number of halogens is 1. The normalized spacial score (nSPS) is 10.4. The number of carbonyl (C=O) groups excluding carboxylic acids is 1. The molecule has 0 aliphatic rings. The number of hydrazine groups is 1. The number of aryl methyl sites for hydroxylation is 1. The van der Waals surface area contributed by atoms with E-state index in [1.807, 2.05) is 19.1 Å². The van der Waals surface area contributed by atoms with Crippen molar-refractivity contribution in [1.82, 2.24) is 10.4 Å². The molecule has 0 bridgehead atoms. The van der Waals surface area contributed by atoms with E-state index in [4.69, 9.17) is 5.84 Å². The zero-order valence-electron chi connectivity index (χ0n) is 8.62. The fourth-order valence-electron chi connectivity index (χ4n) is 1.53. The van der Waals surface area contributed by atoms with Crippen LogP contribution in [0.2, 0.25) is 0 Å². The van der Waals surface area contributed by atoms with E-state index in [1.54, 1.807) is 6.07 Å². The molecule has 5 heteroatoms. The summed E-state index contributed by atoms with van der Waals surface area (Å²) >= 11 is 3.44. The number of pyridine rings is 1. The molecule has 2 aromatic rings. The summed E-state index contributed by atoms with van der Waals surface area (Å²) in [6.07, 6.45) is 1.52. The van der Waals surface area contributed by atoms with E-state index in [0.717, 1.165) is 20.9 Å². The summed E-state index contributed by atoms with van der Waals surface area (Å²) in [5.74, 6) is 4.73. The Morgan fingerprint density at radius 1 is 1.50 bits per heavy atom. The third-order valence-electron chi connectivity index (χ3n) is 2.43. The molecule has 3 N–H and O–H groups in total. The van der Waals surface area contributed by atoms with E-state index in [0.29, 0.717) is 5.56 Å². The van der Waals surface area contributed by atoms with Gasteiger partial charge in [0.05, 0.1) is 11.1 Å². The van der Waals surface area contributed by atoms with Crippen molar-refractivity contribution in [3.63, 3.8) is 0 Å². The van der Waals surface area contributed by atoms with E-state index < -0.39 is 0 Å². The predicted molar refractivity (Wildman–Crippen MR) is 65.8 cm³/mol. The van der Waals surface area contributed by atoms with E-state index in [9.17, 15) is 4.79 Å². The molecule has 1 heterocycles. The van der Waals surface area contributed by atoms with Crippen LogP contribution in [0.4, 0.5) is 0 Å². The molecule has 16 heavy (non-hydrogen) atoms. The van der Waals surface area contributed by atoms with Crippen molar-refractivity contribution in [2.24, 2.45) is 5.84 Å². The number of fused-ring (bicyclic) bond motifs is 1. The third kappa shape index (κ3) is 1.79. The lowest BCUT2D eigenvalue weighted by Crippen LogP contribution is -2.30. The zero-order valence-corrected chi connectivity index (χ0v) is 10.2. The van der Waals surface area contributed by atoms with Crippen molar-refractivity contribution < 1.29 is 4.79 Å². The molecule has 1 amide bonds. The average molecular weight is 280 g/mol. The number of nitrogen functional groups attached to an aromatic ring is 1. The lowest BCUT2D eigenvalue weighted by Gasteiger charge is -2.05. The minimum atomic E-state index is -0.338. The molecular weight excluding hydrogens is 270 g/mol. The fourth-order valence-corrected chi connectivity index (χ4v) is 1.85. The second-order valence-electron chi connectivity index (χ2n) is 3.44. The Bertz CT molecular complexity index is 568. The summed E-state index contributed by atoms with van der Waals surface area (Å²) in [7, 11) is 0. The third-order valence-corrected chi connectivity index (χ3v) is 3.29. The molecule has 0 aliphatic carbocycles. The smallest absolute Gasteiger partial charge is 0.266 e. The molecule has 1 aromatic heterocycles. The fraction of sp³-hybridized carbons (Fsp3) is 0.0909. The Balaban J connectivity index is 2.65. The van der Waals surface area contributed by atoms with E-state index >= 15 is 0 Å². The molecule has 4 nitrogen and oxygen atoms in total. The molecule has 0 unspecified atom stereocenters. The molecule has 0 saturated carbocycles. The largest absolute Gasteiger partial charge is 0.290 e. The van der Waals surface area contributed by atoms with Gasteiger partial charge < -0.3 is 0 Å². The van der Waals surface area contributed by atoms with Crippen molar-refractivity contribution in [3.8, 4) is 0 Å². The number of rotatable bonds is 1. The van der Waals surface area contributed by atoms with Gasteiger partial charge in [-0.1, -0.05) is 22.0 Å². The Morgan fingerprint density at radius 2 is 2.25 bits per heavy atom. The Kier molecular flexibility index (Phi) is 2.89. The first kappa shape index (κ1) is 11.0. The van der Waals surface area contributed by atoms with Gasteiger partial charge in [0.15, 0.2) is 0 Å². The van der Waals surface area contributed by atoms with Crippen LogP contribution < -0.4 is 11.3 Å². The van der Waals surface area contributed by atoms with Crippen LogP contribution in [-0.2, 0) is 0 Å². The molecule has 2 rings (SSSR count). The number of benzene rings is 1. The number of hydrogen-bond donors (Lipinski definition) is 2. The standard InChI is InChI=1S/C11H10BrN3O/c1-6-9(12)3-2-7-4-8(11(16)15-13)5-14-10(6)7/h2-5H,13H2,1H3,(H,15,16). The van der Waals surface area contributed by atoms with Crippen molar-refractivity contribution in [2.75, 3.05) is 0 Å². The monoisotopic (exact) mass is 279 g/mol. The summed E-state index contributed by atoms with van der Waals surface area (Å²) in [6, 6.07) is 5.61. The first-order valence-corrected chi connectivity index (χ1v) is 5.48. The SMILES string of the molecule is Cc1c(Br)ccc2cc(C(=O)NN)cnc12. The van der Waals surface area contributed by atoms with Crippen molar-refractivity contribution in [3.05, 3.63) is 40.0 Å². The van der Waals surface area contributed by atoms with Gasteiger partial charge in [-0.15, -0.1) is 0 Å². The number of nitrogens with one attached hydrogen (secondary N) is 1. The van der Waals surface area contributed by atoms with Crippen LogP contribution in [0, 0.1) is 6.92 Å². The number of aromatic nitrogens is 1. The van der Waals surface area contributed by atoms with Crippen LogP contribution in [-0.4, -0.2) is 10.9 Å². The second kappa shape index (κ2) is 4.19. The van der Waals surface area contributed by atoms with Gasteiger partial charge in [0, 0.05) is 16.1 Å². The molecule has 0 spiro atoms. The first-order chi connectivity index (χ1) is 7.63. The average Bonchev–Trinajstić information content (AvgIpc) is 2.32. The maximum atomic E-state index is 11.3. The highest BCUT2D eigenvalue weighted by molar-refractivity contribution is 9.10. The van der Waals surface area contributed by atoms with Gasteiger partial charge in [-0.2, -0.15) is 0 Å². The van der Waals surface area contributed by atoms with Crippen LogP contribution in [0.1, 0.15) is 15.9 Å². The Labute approximate surface area is 101 Å². The minimum absolute atomic E-state index is 0.338. The summed E-state index contributed by atoms with van der Waals surface area (Å²) in [5.41, 5.74) is 4.47. The summed E-state index contributed by atoms with van der Waals surface area (Å²) < 4.78 is 1.00. The molecule has 0 radical (unpaired) electrons. The van der Waals surface area contributed by atoms with E-state index in [1.165, 1.54) is 6.20 Å². The van der Waals surface area contributed by atoms with Crippen LogP contribution >= 0.6 is 15.9 Å². The summed E-state index contributed by atoms with van der Waals surface area (Å²) in [4.78, 5) is 15.6. The van der Waals surface area contributed by atoms with Crippen LogP contribution in [0.5, 0.6) is 0 Å². The highest BCUT2D eigenvalue weighted by Crippen LogP contribution is 2.24. The number of carbonyl (C=O) groups is 1. The molecule has 0 saturated heterocycles. The molecule has 0 fully saturated rings. The maximum absolute atomic E-state index is 11.3.